The lowest BCUT2D eigenvalue weighted by Gasteiger charge is -2.26. The van der Waals surface area contributed by atoms with Gasteiger partial charge in [0.05, 0.1) is 5.69 Å². The van der Waals surface area contributed by atoms with E-state index in [1.54, 1.807) is 0 Å². The zero-order valence-corrected chi connectivity index (χ0v) is 11.8. The first-order valence-corrected chi connectivity index (χ1v) is 7.24. The van der Waals surface area contributed by atoms with Crippen molar-refractivity contribution in [3.05, 3.63) is 47.2 Å². The lowest BCUT2D eigenvalue weighted by atomic mass is 9.82. The molecule has 4 heteroatoms. The molecule has 1 atom stereocenters. The number of nitrogens with one attached hydrogen (secondary N) is 1. The van der Waals surface area contributed by atoms with Crippen molar-refractivity contribution >= 4 is 11.8 Å². The van der Waals surface area contributed by atoms with Crippen LogP contribution in [0.3, 0.4) is 0 Å². The highest BCUT2D eigenvalue weighted by Gasteiger charge is 2.26. The van der Waals surface area contributed by atoms with Gasteiger partial charge in [-0.25, -0.2) is 4.98 Å². The van der Waals surface area contributed by atoms with Crippen LogP contribution in [-0.4, -0.2) is 16.5 Å². The highest BCUT2D eigenvalue weighted by Crippen LogP contribution is 2.38. The van der Waals surface area contributed by atoms with Gasteiger partial charge >= 0.3 is 0 Å². The summed E-state index contributed by atoms with van der Waals surface area (Å²) in [6.45, 7) is 2.92. The average molecular weight is 268 g/mol. The normalized spacial score (nSPS) is 17.6. The minimum absolute atomic E-state index is 0.336. The summed E-state index contributed by atoms with van der Waals surface area (Å²) in [5.41, 5.74) is 9.54. The van der Waals surface area contributed by atoms with Gasteiger partial charge in [-0.2, -0.15) is 4.98 Å². The van der Waals surface area contributed by atoms with Gasteiger partial charge < -0.3 is 11.1 Å². The van der Waals surface area contributed by atoms with Crippen LogP contribution in [0, 0.1) is 0 Å². The number of aromatic nitrogens is 2. The molecule has 1 aliphatic rings. The van der Waals surface area contributed by atoms with Crippen molar-refractivity contribution in [2.24, 2.45) is 0 Å². The number of nitrogen functional groups attached to an aromatic ring is 1. The number of anilines is 2. The van der Waals surface area contributed by atoms with Crippen LogP contribution in [0.15, 0.2) is 30.3 Å². The summed E-state index contributed by atoms with van der Waals surface area (Å²) in [6.07, 6.45) is 3.32. The maximum atomic E-state index is 5.89. The second-order valence-electron chi connectivity index (χ2n) is 5.18. The predicted octanol–water partition coefficient (Wildman–Crippen LogP) is 2.96. The summed E-state index contributed by atoms with van der Waals surface area (Å²) in [5, 5.41) is 3.32. The molecule has 1 aromatic carbocycles. The molecule has 4 nitrogen and oxygen atoms in total. The molecule has 20 heavy (non-hydrogen) atoms. The fraction of sp³-hybridized carbons (Fsp3) is 0.375. The number of fused-ring (bicyclic) bond motifs is 1. The Morgan fingerprint density at radius 1 is 1.25 bits per heavy atom. The van der Waals surface area contributed by atoms with Crippen LogP contribution in [0.1, 0.15) is 42.5 Å². The molecule has 0 saturated heterocycles. The van der Waals surface area contributed by atoms with Crippen LogP contribution in [0.4, 0.5) is 11.8 Å². The molecule has 0 amide bonds. The number of nitrogens with two attached hydrogens (primary N) is 1. The smallest absolute Gasteiger partial charge is 0.222 e. The van der Waals surface area contributed by atoms with Gasteiger partial charge in [-0.1, -0.05) is 30.3 Å². The summed E-state index contributed by atoms with van der Waals surface area (Å²) < 4.78 is 0. The molecule has 0 saturated carbocycles. The summed E-state index contributed by atoms with van der Waals surface area (Å²) in [6, 6.07) is 10.6. The molecular formula is C16H20N4. The summed E-state index contributed by atoms with van der Waals surface area (Å²) >= 11 is 0. The molecule has 3 N–H and O–H groups in total. The highest BCUT2D eigenvalue weighted by molar-refractivity contribution is 5.53. The maximum absolute atomic E-state index is 5.89. The molecule has 2 aromatic rings. The van der Waals surface area contributed by atoms with Crippen molar-refractivity contribution in [3.8, 4) is 0 Å². The van der Waals surface area contributed by atoms with E-state index in [0.29, 0.717) is 11.9 Å². The van der Waals surface area contributed by atoms with Crippen LogP contribution in [0.2, 0.25) is 0 Å². The predicted molar refractivity (Wildman–Crippen MR) is 81.8 cm³/mol. The van der Waals surface area contributed by atoms with E-state index in [9.17, 15) is 0 Å². The third-order valence-corrected chi connectivity index (χ3v) is 3.85. The second kappa shape index (κ2) is 5.49. The molecule has 1 unspecified atom stereocenters. The Balaban J connectivity index is 2.08. The molecule has 0 spiro atoms. The standard InChI is InChI=1S/C16H20N4/c1-2-18-15-13-10-6-9-12(11-7-4-3-5-8-11)14(13)19-16(17)20-15/h3-5,7-8,12H,2,6,9-10H2,1H3,(H3,17,18,19,20). The van der Waals surface area contributed by atoms with Crippen LogP contribution < -0.4 is 11.1 Å². The number of hydrogen-bond acceptors (Lipinski definition) is 4. The van der Waals surface area contributed by atoms with Gasteiger partial charge in [0.15, 0.2) is 0 Å². The van der Waals surface area contributed by atoms with Crippen molar-refractivity contribution in [1.29, 1.82) is 0 Å². The summed E-state index contributed by atoms with van der Waals surface area (Å²) in [4.78, 5) is 8.90. The van der Waals surface area contributed by atoms with Gasteiger partial charge in [0, 0.05) is 18.0 Å². The molecule has 0 aliphatic heterocycles. The van der Waals surface area contributed by atoms with E-state index in [2.05, 4.69) is 46.5 Å². The van der Waals surface area contributed by atoms with Crippen LogP contribution in [0.25, 0.3) is 0 Å². The molecular weight excluding hydrogens is 248 g/mol. The fourth-order valence-corrected chi connectivity index (χ4v) is 3.00. The Hall–Kier alpha value is -2.10. The molecule has 0 bridgehead atoms. The highest BCUT2D eigenvalue weighted by atomic mass is 15.1. The molecule has 1 aromatic heterocycles. The first-order chi connectivity index (χ1) is 9.79. The van der Waals surface area contributed by atoms with Crippen molar-refractivity contribution in [1.82, 2.24) is 9.97 Å². The van der Waals surface area contributed by atoms with Gasteiger partial charge in [0.2, 0.25) is 5.95 Å². The van der Waals surface area contributed by atoms with Gasteiger partial charge in [0.1, 0.15) is 5.82 Å². The summed E-state index contributed by atoms with van der Waals surface area (Å²) in [5.74, 6) is 1.61. The number of benzene rings is 1. The number of hydrogen-bond donors (Lipinski definition) is 2. The van der Waals surface area contributed by atoms with E-state index in [0.717, 1.165) is 37.3 Å². The third-order valence-electron chi connectivity index (χ3n) is 3.85. The van der Waals surface area contributed by atoms with E-state index in [-0.39, 0.29) is 0 Å². The van der Waals surface area contributed by atoms with E-state index in [1.165, 1.54) is 11.1 Å². The molecule has 3 rings (SSSR count). The van der Waals surface area contributed by atoms with Crippen LogP contribution in [-0.2, 0) is 6.42 Å². The number of nitrogens with zero attached hydrogens (tertiary/aromatic N) is 2. The zero-order chi connectivity index (χ0) is 13.9. The maximum Gasteiger partial charge on any atom is 0.222 e. The first-order valence-electron chi connectivity index (χ1n) is 7.24. The van der Waals surface area contributed by atoms with E-state index in [4.69, 9.17) is 5.73 Å². The monoisotopic (exact) mass is 268 g/mol. The largest absolute Gasteiger partial charge is 0.370 e. The van der Waals surface area contributed by atoms with Gasteiger partial charge in [-0.3, -0.25) is 0 Å². The molecule has 1 heterocycles. The summed E-state index contributed by atoms with van der Waals surface area (Å²) in [7, 11) is 0. The lowest BCUT2D eigenvalue weighted by Crippen LogP contribution is -2.18. The minimum Gasteiger partial charge on any atom is -0.370 e. The van der Waals surface area contributed by atoms with Gasteiger partial charge in [-0.15, -0.1) is 0 Å². The van der Waals surface area contributed by atoms with Crippen LogP contribution >= 0.6 is 0 Å². The Labute approximate surface area is 119 Å². The topological polar surface area (TPSA) is 63.8 Å². The average Bonchev–Trinajstić information content (AvgIpc) is 2.48. The second-order valence-corrected chi connectivity index (χ2v) is 5.18. The quantitative estimate of drug-likeness (QED) is 0.898. The molecule has 104 valence electrons. The van der Waals surface area contributed by atoms with E-state index in [1.807, 2.05) is 6.07 Å². The van der Waals surface area contributed by atoms with Crippen LogP contribution in [0.5, 0.6) is 0 Å². The van der Waals surface area contributed by atoms with E-state index < -0.39 is 0 Å². The minimum atomic E-state index is 0.336. The fourth-order valence-electron chi connectivity index (χ4n) is 3.00. The Kier molecular flexibility index (Phi) is 3.54. The molecule has 1 aliphatic carbocycles. The van der Waals surface area contributed by atoms with Crippen molar-refractivity contribution in [3.63, 3.8) is 0 Å². The van der Waals surface area contributed by atoms with E-state index >= 15 is 0 Å². The van der Waals surface area contributed by atoms with Crippen molar-refractivity contribution in [2.45, 2.75) is 32.1 Å². The Morgan fingerprint density at radius 3 is 2.80 bits per heavy atom. The lowest BCUT2D eigenvalue weighted by molar-refractivity contribution is 0.597. The zero-order valence-electron chi connectivity index (χ0n) is 11.8. The van der Waals surface area contributed by atoms with Gasteiger partial charge in [-0.05, 0) is 31.7 Å². The molecule has 0 fully saturated rings. The third kappa shape index (κ3) is 2.33. The van der Waals surface area contributed by atoms with Crippen molar-refractivity contribution < 1.29 is 0 Å². The van der Waals surface area contributed by atoms with Crippen molar-refractivity contribution in [2.75, 3.05) is 17.6 Å². The molecule has 0 radical (unpaired) electrons. The first kappa shape index (κ1) is 12.9. The number of rotatable bonds is 3. The van der Waals surface area contributed by atoms with Gasteiger partial charge in [0.25, 0.3) is 0 Å². The Bertz CT molecular complexity index is 595. The SMILES string of the molecule is CCNc1nc(N)nc2c1CCCC2c1ccccc1. The Morgan fingerprint density at radius 2 is 2.05 bits per heavy atom.